The molecule has 3 aromatic carbocycles. The van der Waals surface area contributed by atoms with Crippen molar-refractivity contribution in [1.82, 2.24) is 4.98 Å². The molecule has 0 saturated carbocycles. The number of fused-ring (bicyclic) bond motifs is 1. The van der Waals surface area contributed by atoms with Gasteiger partial charge in [0.05, 0.1) is 10.5 Å². The third kappa shape index (κ3) is 4.29. The number of halogens is 1. The van der Waals surface area contributed by atoms with E-state index in [9.17, 15) is 4.79 Å². The number of ether oxygens (including phenoxy) is 2. The maximum Gasteiger partial charge on any atom is 0.308 e. The molecule has 4 nitrogen and oxygen atoms in total. The number of aryl methyl sites for hydroxylation is 1. The van der Waals surface area contributed by atoms with Crippen molar-refractivity contribution in [2.75, 3.05) is 0 Å². The van der Waals surface area contributed by atoms with Crippen molar-refractivity contribution in [3.63, 3.8) is 0 Å². The Morgan fingerprint density at radius 2 is 1.77 bits per heavy atom. The van der Waals surface area contributed by atoms with Gasteiger partial charge in [-0.1, -0.05) is 48.0 Å². The first kappa shape index (κ1) is 19.9. The molecule has 0 saturated heterocycles. The summed E-state index contributed by atoms with van der Waals surface area (Å²) in [6.45, 7) is 3.83. The zero-order valence-electron chi connectivity index (χ0n) is 16.7. The SMILES string of the molecule is CC(=O)Oc1ccc(COc2cccc(-c3c(C)cnc4c(Cl)cccc34)c2)cc1. The van der Waals surface area contributed by atoms with E-state index < -0.39 is 0 Å². The van der Waals surface area contributed by atoms with E-state index in [4.69, 9.17) is 21.1 Å². The molecule has 0 fully saturated rings. The van der Waals surface area contributed by atoms with Crippen molar-refractivity contribution >= 4 is 28.5 Å². The van der Waals surface area contributed by atoms with Crippen molar-refractivity contribution in [1.29, 1.82) is 0 Å². The minimum Gasteiger partial charge on any atom is -0.489 e. The molecule has 0 bridgehead atoms. The largest absolute Gasteiger partial charge is 0.489 e. The summed E-state index contributed by atoms with van der Waals surface area (Å²) in [5.74, 6) is 0.950. The van der Waals surface area contributed by atoms with Crippen molar-refractivity contribution in [3.05, 3.63) is 89.1 Å². The first-order valence-electron chi connectivity index (χ1n) is 9.55. The second-order valence-electron chi connectivity index (χ2n) is 7.01. The van der Waals surface area contributed by atoms with Crippen LogP contribution in [0, 0.1) is 6.92 Å². The maximum atomic E-state index is 11.0. The molecule has 4 rings (SSSR count). The Hall–Kier alpha value is -3.37. The molecule has 4 aromatic rings. The number of pyridine rings is 1. The number of carbonyl (C=O) groups excluding carboxylic acids is 1. The Morgan fingerprint density at radius 1 is 1.00 bits per heavy atom. The summed E-state index contributed by atoms with van der Waals surface area (Å²) in [4.78, 5) is 15.5. The van der Waals surface area contributed by atoms with Gasteiger partial charge in [0.15, 0.2) is 0 Å². The fourth-order valence-electron chi connectivity index (χ4n) is 3.40. The van der Waals surface area contributed by atoms with Gasteiger partial charge in [0.1, 0.15) is 18.1 Å². The third-order valence-corrected chi connectivity index (χ3v) is 5.06. The Morgan fingerprint density at radius 3 is 2.53 bits per heavy atom. The zero-order chi connectivity index (χ0) is 21.1. The summed E-state index contributed by atoms with van der Waals surface area (Å²) in [5.41, 5.74) is 4.99. The monoisotopic (exact) mass is 417 g/mol. The molecule has 0 atom stereocenters. The number of hydrogen-bond donors (Lipinski definition) is 0. The Kier molecular flexibility index (Phi) is 5.68. The number of benzene rings is 3. The quantitative estimate of drug-likeness (QED) is 0.279. The number of para-hydroxylation sites is 1. The molecule has 0 aliphatic heterocycles. The minimum absolute atomic E-state index is 0.337. The first-order valence-corrected chi connectivity index (χ1v) is 9.93. The molecular weight excluding hydrogens is 398 g/mol. The van der Waals surface area contributed by atoms with Gasteiger partial charge in [0.25, 0.3) is 0 Å². The fourth-order valence-corrected chi connectivity index (χ4v) is 3.62. The van der Waals surface area contributed by atoms with Crippen LogP contribution in [0.25, 0.3) is 22.0 Å². The lowest BCUT2D eigenvalue weighted by Gasteiger charge is -2.13. The van der Waals surface area contributed by atoms with E-state index in [1.807, 2.05) is 61.7 Å². The van der Waals surface area contributed by atoms with E-state index in [0.29, 0.717) is 17.4 Å². The lowest BCUT2D eigenvalue weighted by Crippen LogP contribution is -2.01. The van der Waals surface area contributed by atoms with Gasteiger partial charge in [0, 0.05) is 18.5 Å². The lowest BCUT2D eigenvalue weighted by atomic mass is 9.97. The highest BCUT2D eigenvalue weighted by atomic mass is 35.5. The van der Waals surface area contributed by atoms with Gasteiger partial charge in [-0.25, -0.2) is 0 Å². The average molecular weight is 418 g/mol. The molecule has 150 valence electrons. The summed E-state index contributed by atoms with van der Waals surface area (Å²) >= 11 is 6.34. The number of rotatable bonds is 5. The maximum absolute atomic E-state index is 11.0. The number of carbonyl (C=O) groups is 1. The highest BCUT2D eigenvalue weighted by Gasteiger charge is 2.11. The van der Waals surface area contributed by atoms with Crippen LogP contribution in [0.15, 0.2) is 72.9 Å². The van der Waals surface area contributed by atoms with Crippen LogP contribution in [0.1, 0.15) is 18.1 Å². The number of aromatic nitrogens is 1. The lowest BCUT2D eigenvalue weighted by molar-refractivity contribution is -0.131. The van der Waals surface area contributed by atoms with E-state index in [-0.39, 0.29) is 5.97 Å². The zero-order valence-corrected chi connectivity index (χ0v) is 17.4. The second-order valence-corrected chi connectivity index (χ2v) is 7.41. The van der Waals surface area contributed by atoms with Crippen LogP contribution in [-0.4, -0.2) is 11.0 Å². The van der Waals surface area contributed by atoms with Crippen LogP contribution in [0.4, 0.5) is 0 Å². The molecule has 0 aliphatic carbocycles. The molecule has 30 heavy (non-hydrogen) atoms. The fraction of sp³-hybridized carbons (Fsp3) is 0.120. The highest BCUT2D eigenvalue weighted by Crippen LogP contribution is 2.35. The van der Waals surface area contributed by atoms with Crippen molar-refractivity contribution in [2.24, 2.45) is 0 Å². The van der Waals surface area contributed by atoms with Crippen molar-refractivity contribution < 1.29 is 14.3 Å². The van der Waals surface area contributed by atoms with Crippen LogP contribution in [0.5, 0.6) is 11.5 Å². The predicted molar refractivity (Wildman–Crippen MR) is 119 cm³/mol. The Balaban J connectivity index is 1.58. The average Bonchev–Trinajstić information content (AvgIpc) is 2.73. The summed E-state index contributed by atoms with van der Waals surface area (Å²) < 4.78 is 11.1. The van der Waals surface area contributed by atoms with Gasteiger partial charge in [-0.2, -0.15) is 0 Å². The van der Waals surface area contributed by atoms with E-state index >= 15 is 0 Å². The highest BCUT2D eigenvalue weighted by molar-refractivity contribution is 6.35. The van der Waals surface area contributed by atoms with E-state index in [0.717, 1.165) is 38.9 Å². The third-order valence-electron chi connectivity index (χ3n) is 4.75. The topological polar surface area (TPSA) is 48.4 Å². The minimum atomic E-state index is -0.337. The second kappa shape index (κ2) is 8.56. The van der Waals surface area contributed by atoms with Gasteiger partial charge in [0.2, 0.25) is 0 Å². The number of hydrogen-bond acceptors (Lipinski definition) is 4. The van der Waals surface area contributed by atoms with E-state index in [1.54, 1.807) is 12.1 Å². The Bertz CT molecular complexity index is 1220. The number of esters is 1. The molecule has 0 amide bonds. The molecule has 0 radical (unpaired) electrons. The molecule has 0 spiro atoms. The van der Waals surface area contributed by atoms with Gasteiger partial charge in [-0.3, -0.25) is 9.78 Å². The van der Waals surface area contributed by atoms with Gasteiger partial charge >= 0.3 is 5.97 Å². The molecule has 1 aromatic heterocycles. The van der Waals surface area contributed by atoms with Crippen LogP contribution >= 0.6 is 11.6 Å². The Labute approximate surface area is 180 Å². The van der Waals surface area contributed by atoms with Gasteiger partial charge in [-0.15, -0.1) is 0 Å². The molecule has 5 heteroatoms. The van der Waals surface area contributed by atoms with Gasteiger partial charge < -0.3 is 9.47 Å². The van der Waals surface area contributed by atoms with Gasteiger partial charge in [-0.05, 0) is 59.5 Å². The smallest absolute Gasteiger partial charge is 0.308 e. The van der Waals surface area contributed by atoms with E-state index in [2.05, 4.69) is 11.1 Å². The predicted octanol–water partition coefficient (Wildman–Crippen LogP) is 6.37. The molecule has 0 aliphatic rings. The van der Waals surface area contributed by atoms with E-state index in [1.165, 1.54) is 6.92 Å². The van der Waals surface area contributed by atoms with Crippen molar-refractivity contribution in [2.45, 2.75) is 20.5 Å². The van der Waals surface area contributed by atoms with Crippen LogP contribution < -0.4 is 9.47 Å². The van der Waals surface area contributed by atoms with Crippen molar-refractivity contribution in [3.8, 4) is 22.6 Å². The summed E-state index contributed by atoms with van der Waals surface area (Å²) in [5, 5.41) is 1.65. The summed E-state index contributed by atoms with van der Waals surface area (Å²) in [7, 11) is 0. The van der Waals surface area contributed by atoms with Crippen LogP contribution in [0.2, 0.25) is 5.02 Å². The molecular formula is C25H20ClNO3. The standard InChI is InChI=1S/C25H20ClNO3/c1-16-14-27-25-22(7-4-8-23(25)26)24(16)19-5-3-6-21(13-19)29-15-18-9-11-20(12-10-18)30-17(2)28/h3-14H,15H2,1-2H3. The normalized spacial score (nSPS) is 10.8. The number of nitrogens with zero attached hydrogens (tertiary/aromatic N) is 1. The first-order chi connectivity index (χ1) is 14.5. The van der Waals surface area contributed by atoms with Crippen LogP contribution in [-0.2, 0) is 11.4 Å². The molecule has 0 unspecified atom stereocenters. The van der Waals surface area contributed by atoms with Crippen LogP contribution in [0.3, 0.4) is 0 Å². The summed E-state index contributed by atoms with van der Waals surface area (Å²) in [6.07, 6.45) is 1.85. The summed E-state index contributed by atoms with van der Waals surface area (Å²) in [6, 6.07) is 21.1. The molecule has 1 heterocycles. The molecule has 0 N–H and O–H groups in total.